The average Bonchev–Trinajstić information content (AvgIpc) is 0.858. The molecule has 91 heavy (non-hydrogen) atoms. The van der Waals surface area contributed by atoms with Crippen LogP contribution in [0.25, 0.3) is 0 Å². The molecule has 1 fully saturated rings. The van der Waals surface area contributed by atoms with Gasteiger partial charge in [-0.3, -0.25) is 57.5 Å². The Hall–Kier alpha value is -6.40. The summed E-state index contributed by atoms with van der Waals surface area (Å²) < 4.78 is 0. The summed E-state index contributed by atoms with van der Waals surface area (Å²) in [7, 11) is 9.91. The largest absolute Gasteiger partial charge is 0.390 e. The number of aliphatic hydroxyl groups excluding tert-OH is 1. The minimum atomic E-state index is -1.63. The van der Waals surface area contributed by atoms with Crippen molar-refractivity contribution in [3.05, 3.63) is 0 Å². The number of carbonyl (C=O) groups excluding carboxylic acids is 12. The molecule has 0 aromatic carbocycles. The molecule has 0 aromatic rings. The number of likely N-dealkylation sites (N-methyl/N-ethyl adjacent to an activating group) is 7. The Bertz CT molecular complexity index is 2460. The van der Waals surface area contributed by atoms with Crippen molar-refractivity contribution in [1.82, 2.24) is 60.9 Å². The van der Waals surface area contributed by atoms with Gasteiger partial charge in [0.25, 0.3) is 0 Å². The Kier molecular flexibility index (Phi) is 35.0. The number of hydrogen-bond acceptors (Lipinski definition) is 13. The van der Waals surface area contributed by atoms with Crippen molar-refractivity contribution in [2.45, 2.75) is 248 Å². The Morgan fingerprint density at radius 2 is 0.901 bits per heavy atom. The number of unbranched alkanes of at least 4 members (excludes halogenated alkanes) is 3. The van der Waals surface area contributed by atoms with Crippen molar-refractivity contribution >= 4 is 70.9 Å². The smallest absolute Gasteiger partial charge is 0.246 e. The van der Waals surface area contributed by atoms with Gasteiger partial charge in [0.05, 0.1) is 12.6 Å². The van der Waals surface area contributed by atoms with Crippen LogP contribution in [0.2, 0.25) is 0 Å². The Balaban J connectivity index is 4.31. The summed E-state index contributed by atoms with van der Waals surface area (Å²) in [6.45, 7) is 29.5. The van der Waals surface area contributed by atoms with Gasteiger partial charge in [-0.15, -0.1) is 0 Å². The first kappa shape index (κ1) is 82.6. The maximum absolute atomic E-state index is 15.3. The second-order valence-electron chi connectivity index (χ2n) is 28.0. The van der Waals surface area contributed by atoms with Crippen LogP contribution in [-0.2, 0) is 57.5 Å². The zero-order valence-corrected chi connectivity index (χ0v) is 59.9. The van der Waals surface area contributed by atoms with E-state index >= 15 is 19.2 Å². The normalized spacial score (nSPS) is 25.7. The van der Waals surface area contributed by atoms with Crippen LogP contribution in [-0.4, -0.2) is 239 Å². The maximum Gasteiger partial charge on any atom is 0.246 e. The zero-order chi connectivity index (χ0) is 70.4. The van der Waals surface area contributed by atoms with E-state index < -0.39 is 156 Å². The summed E-state index contributed by atoms with van der Waals surface area (Å²) in [5.74, 6) is -9.97. The van der Waals surface area contributed by atoms with Gasteiger partial charge in [0.1, 0.15) is 60.4 Å². The summed E-state index contributed by atoms with van der Waals surface area (Å²) in [5, 5.41) is 26.1. The molecule has 3 unspecified atom stereocenters. The van der Waals surface area contributed by atoms with Crippen molar-refractivity contribution in [1.29, 1.82) is 0 Å². The first-order valence-corrected chi connectivity index (χ1v) is 33.1. The molecule has 1 aliphatic heterocycles. The molecule has 0 saturated carbocycles. The van der Waals surface area contributed by atoms with Crippen LogP contribution < -0.4 is 26.6 Å². The lowest BCUT2D eigenvalue weighted by molar-refractivity contribution is -0.157. The van der Waals surface area contributed by atoms with Gasteiger partial charge in [-0.05, 0) is 100 Å². The van der Waals surface area contributed by atoms with Crippen molar-refractivity contribution < 1.29 is 62.6 Å². The standard InChI is InChI=1S/C66H120N12O13/c1-25-47-62(87)72(18)36-52(80)73(19)48(32-37(2)3)59(84)71-53(41(10)11)65(90)74(20)49(33-38(4)5)58(83)68-44(15)57(82)69-45(16)61(86)75(21)50(34-39(6)7)63(88)76(22)51(35-40(8)9)64(89)77(23)54(42(12)13)66(91)78(24)55(60(85)70-47)56(81)43(14)30-28-26-27-29-31-67-46(17)79/h37-45,47-51,53-56,81H,25-36H2,1-24H3,(H,67,79)(H,68,83)(H,69,82)(H,70,85)(H,71,84)/t43?,44-,45+,47-,48-,49-,50-,51-,53-,54-,55?,56?/m0/s1. The summed E-state index contributed by atoms with van der Waals surface area (Å²) in [4.78, 5) is 181. The van der Waals surface area contributed by atoms with Crippen LogP contribution in [0.3, 0.4) is 0 Å². The number of nitrogens with zero attached hydrogens (tertiary/aromatic N) is 7. The van der Waals surface area contributed by atoms with Gasteiger partial charge in [-0.25, -0.2) is 0 Å². The van der Waals surface area contributed by atoms with Crippen LogP contribution in [0, 0.1) is 41.4 Å². The predicted molar refractivity (Wildman–Crippen MR) is 351 cm³/mol. The highest BCUT2D eigenvalue weighted by Gasteiger charge is 2.46. The molecule has 25 nitrogen and oxygen atoms in total. The topological polar surface area (TPSA) is 308 Å². The molecule has 0 spiro atoms. The molecule has 0 aromatic heterocycles. The zero-order valence-electron chi connectivity index (χ0n) is 59.9. The van der Waals surface area contributed by atoms with Crippen molar-refractivity contribution in [2.24, 2.45) is 41.4 Å². The van der Waals surface area contributed by atoms with Gasteiger partial charge in [0.2, 0.25) is 70.9 Å². The molecule has 1 rings (SSSR count). The number of aliphatic hydroxyl groups is 1. The Morgan fingerprint density at radius 1 is 0.473 bits per heavy atom. The quantitative estimate of drug-likeness (QED) is 0.0954. The molecule has 0 bridgehead atoms. The SMILES string of the molecule is CC[C@@H]1NC(=O)C(C(O)C(C)CCCCCCNC(C)=O)N(C)C(=O)[C@H](C(C)C)N(C)C(=O)[C@H](CC(C)C)N(C)C(=O)[C@H](CC(C)C)N(C)C(=O)[C@@H](C)NC(=O)[C@H](C)NC(=O)[C@H](CC(C)C)N(C)C(=O)[C@H](C(C)C)NC(=O)[C@H](CC(C)C)N(C)C(=O)CN(C)C1=O. The van der Waals surface area contributed by atoms with Crippen molar-refractivity contribution in [3.8, 4) is 0 Å². The first-order valence-electron chi connectivity index (χ1n) is 33.1. The van der Waals surface area contributed by atoms with Gasteiger partial charge >= 0.3 is 0 Å². The molecule has 0 aliphatic carbocycles. The fraction of sp³-hybridized carbons (Fsp3) is 0.818. The summed E-state index contributed by atoms with van der Waals surface area (Å²) in [6, 6.07) is -12.5. The lowest BCUT2D eigenvalue weighted by atomic mass is 9.90. The molecule has 12 atom stereocenters. The molecule has 25 heteroatoms. The highest BCUT2D eigenvalue weighted by atomic mass is 16.3. The van der Waals surface area contributed by atoms with Gasteiger partial charge in [0, 0.05) is 62.8 Å². The van der Waals surface area contributed by atoms with E-state index in [4.69, 9.17) is 0 Å². The van der Waals surface area contributed by atoms with Crippen molar-refractivity contribution in [3.63, 3.8) is 0 Å². The second kappa shape index (κ2) is 38.6. The summed E-state index contributed by atoms with van der Waals surface area (Å²) in [5.41, 5.74) is 0. The molecular formula is C66H120N12O13. The lowest BCUT2D eigenvalue weighted by Gasteiger charge is -2.41. The fourth-order valence-corrected chi connectivity index (χ4v) is 11.6. The van der Waals surface area contributed by atoms with Gasteiger partial charge < -0.3 is 66.0 Å². The Labute approximate surface area is 544 Å². The molecule has 1 aliphatic rings. The third kappa shape index (κ3) is 24.9. The van der Waals surface area contributed by atoms with E-state index in [1.165, 1.54) is 94.6 Å². The molecule has 1 heterocycles. The van der Waals surface area contributed by atoms with Crippen LogP contribution in [0.15, 0.2) is 0 Å². The van der Waals surface area contributed by atoms with Crippen LogP contribution in [0.4, 0.5) is 0 Å². The van der Waals surface area contributed by atoms with Crippen LogP contribution in [0.1, 0.15) is 182 Å². The van der Waals surface area contributed by atoms with Gasteiger partial charge in [-0.1, -0.05) is 116 Å². The maximum atomic E-state index is 15.3. The monoisotopic (exact) mass is 1290 g/mol. The summed E-state index contributed by atoms with van der Waals surface area (Å²) in [6.07, 6.45) is 2.39. The third-order valence-electron chi connectivity index (χ3n) is 17.3. The van der Waals surface area contributed by atoms with Gasteiger partial charge in [0.15, 0.2) is 0 Å². The predicted octanol–water partition coefficient (Wildman–Crippen LogP) is 3.39. The highest BCUT2D eigenvalue weighted by Crippen LogP contribution is 2.26. The van der Waals surface area contributed by atoms with E-state index in [2.05, 4.69) is 26.6 Å². The molecule has 522 valence electrons. The van der Waals surface area contributed by atoms with E-state index in [0.717, 1.165) is 29.1 Å². The third-order valence-corrected chi connectivity index (χ3v) is 17.3. The van der Waals surface area contributed by atoms with E-state index in [0.29, 0.717) is 19.4 Å². The molecule has 6 N–H and O–H groups in total. The van der Waals surface area contributed by atoms with Crippen molar-refractivity contribution in [2.75, 3.05) is 62.4 Å². The average molecular weight is 1290 g/mol. The molecule has 12 amide bonds. The highest BCUT2D eigenvalue weighted by molar-refractivity contribution is 5.99. The minimum Gasteiger partial charge on any atom is -0.390 e. The first-order chi connectivity index (χ1) is 42.1. The van der Waals surface area contributed by atoms with Crippen LogP contribution in [0.5, 0.6) is 0 Å². The Morgan fingerprint density at radius 3 is 1.37 bits per heavy atom. The number of amides is 12. The van der Waals surface area contributed by atoms with E-state index in [1.54, 1.807) is 41.5 Å². The molecule has 0 radical (unpaired) electrons. The number of nitrogens with one attached hydrogen (secondary N) is 5. The van der Waals surface area contributed by atoms with Crippen LogP contribution >= 0.6 is 0 Å². The number of carbonyl (C=O) groups is 12. The molecule has 1 saturated heterocycles. The summed E-state index contributed by atoms with van der Waals surface area (Å²) >= 11 is 0. The molecular weight excluding hydrogens is 1170 g/mol. The van der Waals surface area contributed by atoms with Gasteiger partial charge in [-0.2, -0.15) is 0 Å². The lowest BCUT2D eigenvalue weighted by Crippen LogP contribution is -2.63. The number of hydrogen-bond donors (Lipinski definition) is 6. The number of rotatable bonds is 20. The van der Waals surface area contributed by atoms with E-state index in [-0.39, 0.29) is 61.7 Å². The van der Waals surface area contributed by atoms with E-state index in [9.17, 15) is 43.5 Å². The second-order valence-corrected chi connectivity index (χ2v) is 28.0. The minimum absolute atomic E-state index is 0.00890. The fourth-order valence-electron chi connectivity index (χ4n) is 11.6. The van der Waals surface area contributed by atoms with E-state index in [1.807, 2.05) is 55.4 Å².